The van der Waals surface area contributed by atoms with Crippen molar-refractivity contribution in [3.8, 4) is 0 Å². The summed E-state index contributed by atoms with van der Waals surface area (Å²) in [4.78, 5) is 11.7. The van der Waals surface area contributed by atoms with Gasteiger partial charge in [-0.15, -0.1) is 0 Å². The first-order valence-corrected chi connectivity index (χ1v) is 5.71. The molecule has 1 amide bonds. The first-order valence-electron chi connectivity index (χ1n) is 5.71. The SMILES string of the molecule is O=C(CC1COCCN1)Nc1ccc(F)c(F)c1. The van der Waals surface area contributed by atoms with E-state index in [2.05, 4.69) is 10.6 Å². The average Bonchev–Trinajstić information content (AvgIpc) is 2.35. The number of hydrogen-bond donors (Lipinski definition) is 2. The Hall–Kier alpha value is -1.53. The van der Waals surface area contributed by atoms with Crippen LogP contribution >= 0.6 is 0 Å². The molecule has 0 radical (unpaired) electrons. The smallest absolute Gasteiger partial charge is 0.226 e. The summed E-state index contributed by atoms with van der Waals surface area (Å²) in [6.07, 6.45) is 0.235. The molecule has 1 aliphatic rings. The molecule has 0 bridgehead atoms. The van der Waals surface area contributed by atoms with E-state index in [4.69, 9.17) is 4.74 Å². The molecule has 1 saturated heterocycles. The van der Waals surface area contributed by atoms with Crippen LogP contribution in [0.1, 0.15) is 6.42 Å². The minimum absolute atomic E-state index is 0.0379. The fourth-order valence-corrected chi connectivity index (χ4v) is 1.76. The maximum Gasteiger partial charge on any atom is 0.226 e. The molecule has 1 unspecified atom stereocenters. The summed E-state index contributed by atoms with van der Waals surface area (Å²) in [7, 11) is 0. The van der Waals surface area contributed by atoms with Gasteiger partial charge in [0, 0.05) is 30.8 Å². The van der Waals surface area contributed by atoms with Crippen LogP contribution in [0.5, 0.6) is 0 Å². The lowest BCUT2D eigenvalue weighted by atomic mass is 10.2. The van der Waals surface area contributed by atoms with E-state index >= 15 is 0 Å². The van der Waals surface area contributed by atoms with E-state index in [1.807, 2.05) is 0 Å². The highest BCUT2D eigenvalue weighted by Gasteiger charge is 2.17. The van der Waals surface area contributed by atoms with E-state index in [0.717, 1.165) is 12.1 Å². The zero-order chi connectivity index (χ0) is 13.0. The molecule has 1 aromatic carbocycles. The van der Waals surface area contributed by atoms with Crippen molar-refractivity contribution in [3.05, 3.63) is 29.8 Å². The van der Waals surface area contributed by atoms with Crippen LogP contribution in [0.15, 0.2) is 18.2 Å². The molecule has 4 nitrogen and oxygen atoms in total. The number of nitrogens with one attached hydrogen (secondary N) is 2. The summed E-state index contributed by atoms with van der Waals surface area (Å²) in [6, 6.07) is 3.22. The summed E-state index contributed by atoms with van der Waals surface area (Å²) in [5, 5.41) is 5.65. The van der Waals surface area contributed by atoms with E-state index in [-0.39, 0.29) is 24.1 Å². The van der Waals surface area contributed by atoms with E-state index in [1.54, 1.807) is 0 Å². The van der Waals surface area contributed by atoms with Crippen molar-refractivity contribution in [2.75, 3.05) is 25.1 Å². The summed E-state index contributed by atoms with van der Waals surface area (Å²) >= 11 is 0. The van der Waals surface area contributed by atoms with E-state index in [0.29, 0.717) is 19.8 Å². The van der Waals surface area contributed by atoms with Gasteiger partial charge in [0.25, 0.3) is 0 Å². The van der Waals surface area contributed by atoms with Gasteiger partial charge in [-0.2, -0.15) is 0 Å². The van der Waals surface area contributed by atoms with Crippen molar-refractivity contribution in [2.45, 2.75) is 12.5 Å². The average molecular weight is 256 g/mol. The second-order valence-corrected chi connectivity index (χ2v) is 4.11. The number of amides is 1. The Morgan fingerprint density at radius 1 is 1.44 bits per heavy atom. The number of halogens is 2. The normalized spacial score (nSPS) is 19.6. The Morgan fingerprint density at radius 2 is 2.28 bits per heavy atom. The third kappa shape index (κ3) is 3.48. The molecule has 1 aromatic rings. The largest absolute Gasteiger partial charge is 0.378 e. The van der Waals surface area contributed by atoms with Crippen molar-refractivity contribution >= 4 is 11.6 Å². The minimum Gasteiger partial charge on any atom is -0.378 e. The number of carbonyl (C=O) groups is 1. The number of anilines is 1. The van der Waals surface area contributed by atoms with Crippen molar-refractivity contribution in [1.82, 2.24) is 5.32 Å². The number of carbonyl (C=O) groups excluding carboxylic acids is 1. The van der Waals surface area contributed by atoms with Gasteiger partial charge in [0.2, 0.25) is 5.91 Å². The van der Waals surface area contributed by atoms with Gasteiger partial charge >= 0.3 is 0 Å². The van der Waals surface area contributed by atoms with Crippen molar-refractivity contribution in [3.63, 3.8) is 0 Å². The van der Waals surface area contributed by atoms with Crippen LogP contribution < -0.4 is 10.6 Å². The number of morpholine rings is 1. The fourth-order valence-electron chi connectivity index (χ4n) is 1.76. The molecule has 98 valence electrons. The molecule has 2 rings (SSSR count). The molecule has 18 heavy (non-hydrogen) atoms. The summed E-state index contributed by atoms with van der Waals surface area (Å²) in [5.41, 5.74) is 0.246. The molecule has 6 heteroatoms. The number of rotatable bonds is 3. The molecule has 0 aliphatic carbocycles. The molecule has 2 N–H and O–H groups in total. The summed E-state index contributed by atoms with van der Waals surface area (Å²) in [5.74, 6) is -2.17. The molecule has 1 atom stereocenters. The molecule has 1 fully saturated rings. The number of benzene rings is 1. The van der Waals surface area contributed by atoms with E-state index in [9.17, 15) is 13.6 Å². The topological polar surface area (TPSA) is 50.4 Å². The van der Waals surface area contributed by atoms with Crippen LogP contribution in [-0.4, -0.2) is 31.7 Å². The molecular weight excluding hydrogens is 242 g/mol. The number of ether oxygens (including phenoxy) is 1. The minimum atomic E-state index is -0.980. The van der Waals surface area contributed by atoms with Crippen LogP contribution in [-0.2, 0) is 9.53 Å². The molecule has 0 spiro atoms. The van der Waals surface area contributed by atoms with Gasteiger partial charge in [-0.05, 0) is 12.1 Å². The maximum absolute atomic E-state index is 12.9. The van der Waals surface area contributed by atoms with Gasteiger partial charge in [-0.25, -0.2) is 8.78 Å². The first kappa shape index (κ1) is 12.9. The Bertz CT molecular complexity index is 434. The van der Waals surface area contributed by atoms with E-state index in [1.165, 1.54) is 6.07 Å². The van der Waals surface area contributed by atoms with Gasteiger partial charge in [-0.1, -0.05) is 0 Å². The second-order valence-electron chi connectivity index (χ2n) is 4.11. The monoisotopic (exact) mass is 256 g/mol. The van der Waals surface area contributed by atoms with Crippen LogP contribution in [0.3, 0.4) is 0 Å². The lowest BCUT2D eigenvalue weighted by molar-refractivity contribution is -0.117. The highest BCUT2D eigenvalue weighted by Crippen LogP contribution is 2.13. The van der Waals surface area contributed by atoms with Crippen LogP contribution in [0, 0.1) is 11.6 Å². The quantitative estimate of drug-likeness (QED) is 0.856. The Balaban J connectivity index is 1.88. The third-order valence-electron chi connectivity index (χ3n) is 2.63. The van der Waals surface area contributed by atoms with E-state index < -0.39 is 11.6 Å². The molecule has 0 aromatic heterocycles. The highest BCUT2D eigenvalue weighted by molar-refractivity contribution is 5.91. The van der Waals surface area contributed by atoms with Gasteiger partial charge in [-0.3, -0.25) is 4.79 Å². The van der Waals surface area contributed by atoms with Gasteiger partial charge in [0.15, 0.2) is 11.6 Å². The van der Waals surface area contributed by atoms with Crippen LogP contribution in [0.2, 0.25) is 0 Å². The fraction of sp³-hybridized carbons (Fsp3) is 0.417. The highest BCUT2D eigenvalue weighted by atomic mass is 19.2. The molecule has 1 aliphatic heterocycles. The zero-order valence-electron chi connectivity index (χ0n) is 9.71. The lowest BCUT2D eigenvalue weighted by Gasteiger charge is -2.23. The predicted molar refractivity (Wildman–Crippen MR) is 62.2 cm³/mol. The molecule has 0 saturated carbocycles. The number of hydrogen-bond acceptors (Lipinski definition) is 3. The maximum atomic E-state index is 12.9. The Kier molecular flexibility index (Phi) is 4.22. The Labute approximate surface area is 103 Å². The van der Waals surface area contributed by atoms with Crippen LogP contribution in [0.25, 0.3) is 0 Å². The van der Waals surface area contributed by atoms with Gasteiger partial charge < -0.3 is 15.4 Å². The lowest BCUT2D eigenvalue weighted by Crippen LogP contribution is -2.43. The van der Waals surface area contributed by atoms with Crippen molar-refractivity contribution in [1.29, 1.82) is 0 Å². The van der Waals surface area contributed by atoms with Crippen molar-refractivity contribution < 1.29 is 18.3 Å². The second kappa shape index (κ2) is 5.88. The summed E-state index contributed by atoms with van der Waals surface area (Å²) in [6.45, 7) is 1.83. The van der Waals surface area contributed by atoms with Crippen LogP contribution in [0.4, 0.5) is 14.5 Å². The van der Waals surface area contributed by atoms with Gasteiger partial charge in [0.05, 0.1) is 13.2 Å². The Morgan fingerprint density at radius 3 is 2.94 bits per heavy atom. The standard InChI is InChI=1S/C12H14F2N2O2/c13-10-2-1-8(5-11(10)14)16-12(17)6-9-7-18-4-3-15-9/h1-2,5,9,15H,3-4,6-7H2,(H,16,17). The molecular formula is C12H14F2N2O2. The summed E-state index contributed by atoms with van der Waals surface area (Å²) < 4.78 is 30.8. The van der Waals surface area contributed by atoms with Gasteiger partial charge in [0.1, 0.15) is 0 Å². The third-order valence-corrected chi connectivity index (χ3v) is 2.63. The predicted octanol–water partition coefficient (Wildman–Crippen LogP) is 1.28. The zero-order valence-corrected chi connectivity index (χ0v) is 9.71. The molecule has 1 heterocycles. The van der Waals surface area contributed by atoms with Crippen molar-refractivity contribution in [2.24, 2.45) is 0 Å². The first-order chi connectivity index (χ1) is 8.65.